The van der Waals surface area contributed by atoms with Crippen LogP contribution in [0.5, 0.6) is 0 Å². The minimum atomic E-state index is -0.901. The Kier molecular flexibility index (Phi) is 8.95. The number of carbonyl (C=O) groups excluding carboxylic acids is 1. The number of nitrogens with one attached hydrogen (secondary N) is 2. The van der Waals surface area contributed by atoms with E-state index in [-0.39, 0.29) is 24.4 Å². The second-order valence-corrected chi connectivity index (χ2v) is 4.88. The van der Waals surface area contributed by atoms with E-state index in [1.165, 1.54) is 0 Å². The second kappa shape index (κ2) is 9.61. The Hall–Kier alpha value is -1.30. The van der Waals surface area contributed by atoms with Gasteiger partial charge in [-0.2, -0.15) is 0 Å². The zero-order valence-corrected chi connectivity index (χ0v) is 12.4. The number of carbonyl (C=O) groups is 2. The van der Waals surface area contributed by atoms with Gasteiger partial charge < -0.3 is 20.6 Å². The maximum atomic E-state index is 11.7. The summed E-state index contributed by atoms with van der Waals surface area (Å²) in [6.07, 6.45) is -0.0544. The summed E-state index contributed by atoms with van der Waals surface area (Å²) in [5, 5.41) is 14.2. The maximum Gasteiger partial charge on any atom is 0.315 e. The molecule has 0 aliphatic carbocycles. The van der Waals surface area contributed by atoms with Crippen LogP contribution < -0.4 is 10.6 Å². The molecule has 0 aromatic carbocycles. The summed E-state index contributed by atoms with van der Waals surface area (Å²) in [4.78, 5) is 24.6. The molecule has 3 N–H and O–H groups in total. The van der Waals surface area contributed by atoms with E-state index in [1.54, 1.807) is 0 Å². The number of hydrogen-bond acceptors (Lipinski definition) is 3. The van der Waals surface area contributed by atoms with Crippen LogP contribution in [-0.4, -0.2) is 54.2 Å². The van der Waals surface area contributed by atoms with Crippen LogP contribution in [0.2, 0.25) is 0 Å². The average molecular weight is 273 g/mol. The number of aliphatic carboxylic acids is 1. The summed E-state index contributed by atoms with van der Waals surface area (Å²) >= 11 is 0. The van der Waals surface area contributed by atoms with Crippen molar-refractivity contribution in [3.05, 3.63) is 0 Å². The molecule has 112 valence electrons. The molecular weight excluding hydrogens is 246 g/mol. The number of hydrogen-bond donors (Lipinski definition) is 3. The molecular formula is C13H27N3O3. The summed E-state index contributed by atoms with van der Waals surface area (Å²) in [5.41, 5.74) is 0. The smallest absolute Gasteiger partial charge is 0.315 e. The van der Waals surface area contributed by atoms with Gasteiger partial charge in [-0.3, -0.25) is 4.79 Å². The van der Waals surface area contributed by atoms with Crippen molar-refractivity contribution in [2.75, 3.05) is 26.2 Å². The molecule has 0 bridgehead atoms. The second-order valence-electron chi connectivity index (χ2n) is 4.88. The molecule has 0 saturated carbocycles. The van der Waals surface area contributed by atoms with Crippen molar-refractivity contribution in [1.29, 1.82) is 0 Å². The molecule has 0 radical (unpaired) electrons. The van der Waals surface area contributed by atoms with E-state index in [2.05, 4.69) is 29.4 Å². The highest BCUT2D eigenvalue weighted by Crippen LogP contribution is 2.05. The number of urea groups is 1. The highest BCUT2D eigenvalue weighted by molar-refractivity contribution is 5.75. The van der Waals surface area contributed by atoms with Gasteiger partial charge in [0.15, 0.2) is 0 Å². The van der Waals surface area contributed by atoms with Gasteiger partial charge in [0.1, 0.15) is 0 Å². The van der Waals surface area contributed by atoms with Crippen LogP contribution in [0.25, 0.3) is 0 Å². The van der Waals surface area contributed by atoms with Gasteiger partial charge in [0.2, 0.25) is 0 Å². The van der Waals surface area contributed by atoms with Gasteiger partial charge in [-0.05, 0) is 19.0 Å². The lowest BCUT2D eigenvalue weighted by Crippen LogP contribution is -2.47. The molecule has 2 amide bonds. The predicted octanol–water partition coefficient (Wildman–Crippen LogP) is 1.13. The summed E-state index contributed by atoms with van der Waals surface area (Å²) in [6.45, 7) is 11.2. The molecule has 0 aromatic rings. The number of amides is 2. The largest absolute Gasteiger partial charge is 0.481 e. The van der Waals surface area contributed by atoms with Crippen molar-refractivity contribution < 1.29 is 14.7 Å². The van der Waals surface area contributed by atoms with E-state index in [4.69, 9.17) is 5.11 Å². The predicted molar refractivity (Wildman–Crippen MR) is 75.2 cm³/mol. The van der Waals surface area contributed by atoms with E-state index in [9.17, 15) is 9.59 Å². The maximum absolute atomic E-state index is 11.7. The first-order valence-corrected chi connectivity index (χ1v) is 6.89. The van der Waals surface area contributed by atoms with Crippen LogP contribution in [0.15, 0.2) is 0 Å². The normalized spacial score (nSPS) is 12.5. The highest BCUT2D eigenvalue weighted by Gasteiger charge is 2.19. The minimum absolute atomic E-state index is 0.0544. The molecule has 0 saturated heterocycles. The Balaban J connectivity index is 4.03. The molecule has 0 aliphatic heterocycles. The minimum Gasteiger partial charge on any atom is -0.481 e. The van der Waals surface area contributed by atoms with Gasteiger partial charge in [0.05, 0.1) is 6.42 Å². The standard InChI is InChI=1S/C13H27N3O3/c1-5-16(6-2)8-7-14-13(19)15-11(10(3)4)9-12(17)18/h10-11H,5-9H2,1-4H3,(H,17,18)(H2,14,15,19). The molecule has 0 heterocycles. The first-order chi connectivity index (χ1) is 8.90. The molecule has 1 unspecified atom stereocenters. The van der Waals surface area contributed by atoms with Crippen molar-refractivity contribution in [2.45, 2.75) is 40.2 Å². The zero-order chi connectivity index (χ0) is 14.8. The van der Waals surface area contributed by atoms with E-state index in [0.29, 0.717) is 6.54 Å². The Bertz CT molecular complexity index is 278. The summed E-state index contributed by atoms with van der Waals surface area (Å²) in [5.74, 6) is -0.813. The third-order valence-electron chi connectivity index (χ3n) is 3.12. The topological polar surface area (TPSA) is 81.7 Å². The number of nitrogens with zero attached hydrogens (tertiary/aromatic N) is 1. The van der Waals surface area contributed by atoms with Gasteiger partial charge in [-0.1, -0.05) is 27.7 Å². The first kappa shape index (κ1) is 17.7. The lowest BCUT2D eigenvalue weighted by Gasteiger charge is -2.22. The van der Waals surface area contributed by atoms with Crippen LogP contribution >= 0.6 is 0 Å². The molecule has 1 atom stereocenters. The Morgan fingerprint density at radius 3 is 2.21 bits per heavy atom. The van der Waals surface area contributed by atoms with E-state index < -0.39 is 5.97 Å². The SMILES string of the molecule is CCN(CC)CCNC(=O)NC(CC(=O)O)C(C)C. The van der Waals surface area contributed by atoms with Crippen molar-refractivity contribution in [1.82, 2.24) is 15.5 Å². The fraction of sp³-hybridized carbons (Fsp3) is 0.846. The van der Waals surface area contributed by atoms with Gasteiger partial charge in [-0.15, -0.1) is 0 Å². The zero-order valence-electron chi connectivity index (χ0n) is 12.4. The van der Waals surface area contributed by atoms with Gasteiger partial charge in [0, 0.05) is 19.1 Å². The van der Waals surface area contributed by atoms with Crippen LogP contribution in [0.3, 0.4) is 0 Å². The molecule has 0 aromatic heterocycles. The molecule has 6 heteroatoms. The summed E-state index contributed by atoms with van der Waals surface area (Å²) in [7, 11) is 0. The fourth-order valence-electron chi connectivity index (χ4n) is 1.73. The Morgan fingerprint density at radius 1 is 1.21 bits per heavy atom. The number of carboxylic acids is 1. The van der Waals surface area contributed by atoms with Crippen molar-refractivity contribution in [3.63, 3.8) is 0 Å². The molecule has 0 rings (SSSR count). The lowest BCUT2D eigenvalue weighted by molar-refractivity contribution is -0.137. The lowest BCUT2D eigenvalue weighted by atomic mass is 10.0. The van der Waals surface area contributed by atoms with Crippen LogP contribution in [0.1, 0.15) is 34.1 Å². The molecule has 6 nitrogen and oxygen atoms in total. The van der Waals surface area contributed by atoms with Crippen molar-refractivity contribution in [3.8, 4) is 0 Å². The average Bonchev–Trinajstić information content (AvgIpc) is 2.33. The van der Waals surface area contributed by atoms with E-state index in [1.807, 2.05) is 13.8 Å². The number of rotatable bonds is 9. The first-order valence-electron chi connectivity index (χ1n) is 6.89. The highest BCUT2D eigenvalue weighted by atomic mass is 16.4. The molecule has 0 fully saturated rings. The van der Waals surface area contributed by atoms with Crippen LogP contribution in [0, 0.1) is 5.92 Å². The molecule has 0 spiro atoms. The van der Waals surface area contributed by atoms with E-state index in [0.717, 1.165) is 19.6 Å². The van der Waals surface area contributed by atoms with E-state index >= 15 is 0 Å². The third-order valence-corrected chi connectivity index (χ3v) is 3.12. The summed E-state index contributed by atoms with van der Waals surface area (Å²) in [6, 6.07) is -0.641. The Morgan fingerprint density at radius 2 is 1.79 bits per heavy atom. The van der Waals surface area contributed by atoms with Crippen LogP contribution in [0.4, 0.5) is 4.79 Å². The fourth-order valence-corrected chi connectivity index (χ4v) is 1.73. The quantitative estimate of drug-likeness (QED) is 0.588. The van der Waals surface area contributed by atoms with Gasteiger partial charge in [-0.25, -0.2) is 4.79 Å². The third kappa shape index (κ3) is 8.42. The van der Waals surface area contributed by atoms with Crippen LogP contribution in [-0.2, 0) is 4.79 Å². The molecule has 0 aliphatic rings. The van der Waals surface area contributed by atoms with Gasteiger partial charge in [0.25, 0.3) is 0 Å². The molecule has 19 heavy (non-hydrogen) atoms. The summed E-state index contributed by atoms with van der Waals surface area (Å²) < 4.78 is 0. The van der Waals surface area contributed by atoms with Crippen molar-refractivity contribution >= 4 is 12.0 Å². The monoisotopic (exact) mass is 273 g/mol. The van der Waals surface area contributed by atoms with Gasteiger partial charge >= 0.3 is 12.0 Å². The number of carboxylic acid groups (broad SMARTS) is 1. The number of likely N-dealkylation sites (N-methyl/N-ethyl adjacent to an activating group) is 1. The van der Waals surface area contributed by atoms with Crippen molar-refractivity contribution in [2.24, 2.45) is 5.92 Å². The Labute approximate surface area is 115 Å².